The first-order valence-corrected chi connectivity index (χ1v) is 5.00. The molecule has 3 N–H and O–H groups in total. The van der Waals surface area contributed by atoms with Crippen molar-refractivity contribution in [2.45, 2.75) is 18.9 Å². The molecule has 2 heterocycles. The number of amides is 2. The highest BCUT2D eigenvalue weighted by Gasteiger charge is 2.39. The molecule has 2 rings (SSSR count). The second-order valence-corrected chi connectivity index (χ2v) is 3.93. The summed E-state index contributed by atoms with van der Waals surface area (Å²) in [6.07, 6.45) is 1.60. The maximum absolute atomic E-state index is 11.8. The van der Waals surface area contributed by atoms with Gasteiger partial charge in [0.1, 0.15) is 6.04 Å². The third-order valence-electron chi connectivity index (χ3n) is 3.04. The van der Waals surface area contributed by atoms with Crippen molar-refractivity contribution in [3.8, 4) is 0 Å². The van der Waals surface area contributed by atoms with Crippen LogP contribution in [0.15, 0.2) is 0 Å². The molecule has 2 aliphatic rings. The molecule has 0 spiro atoms. The van der Waals surface area contributed by atoms with E-state index in [4.69, 9.17) is 5.73 Å². The molecular formula is C9H15N3O2. The van der Waals surface area contributed by atoms with Crippen molar-refractivity contribution in [2.24, 2.45) is 11.7 Å². The average molecular weight is 197 g/mol. The monoisotopic (exact) mass is 197 g/mol. The van der Waals surface area contributed by atoms with Crippen molar-refractivity contribution >= 4 is 11.8 Å². The lowest BCUT2D eigenvalue weighted by atomic mass is 9.98. The highest BCUT2D eigenvalue weighted by atomic mass is 16.2. The zero-order valence-corrected chi connectivity index (χ0v) is 8.03. The quantitative estimate of drug-likeness (QED) is 0.576. The first kappa shape index (κ1) is 9.45. The van der Waals surface area contributed by atoms with Crippen LogP contribution in [-0.4, -0.2) is 42.4 Å². The highest BCUT2D eigenvalue weighted by Crippen LogP contribution is 2.22. The first-order chi connectivity index (χ1) is 6.70. The van der Waals surface area contributed by atoms with Gasteiger partial charge in [0.2, 0.25) is 11.8 Å². The van der Waals surface area contributed by atoms with Crippen LogP contribution in [0.25, 0.3) is 0 Å². The predicted octanol–water partition coefficient (Wildman–Crippen LogP) is -1.32. The van der Waals surface area contributed by atoms with E-state index in [0.29, 0.717) is 6.54 Å². The number of hydrogen-bond donors (Lipinski definition) is 2. The molecule has 0 bridgehead atoms. The third kappa shape index (κ3) is 1.48. The molecule has 2 atom stereocenters. The van der Waals surface area contributed by atoms with Gasteiger partial charge in [-0.05, 0) is 19.4 Å². The minimum Gasteiger partial charge on any atom is -0.368 e. The van der Waals surface area contributed by atoms with Crippen molar-refractivity contribution in [1.82, 2.24) is 10.2 Å². The molecule has 2 saturated heterocycles. The summed E-state index contributed by atoms with van der Waals surface area (Å²) >= 11 is 0. The molecule has 0 aromatic heterocycles. The van der Waals surface area contributed by atoms with Gasteiger partial charge in [0.25, 0.3) is 0 Å². The second kappa shape index (κ2) is 3.57. The number of nitrogens with one attached hydrogen (secondary N) is 1. The van der Waals surface area contributed by atoms with Gasteiger partial charge < -0.3 is 16.0 Å². The summed E-state index contributed by atoms with van der Waals surface area (Å²) in [4.78, 5) is 24.4. The summed E-state index contributed by atoms with van der Waals surface area (Å²) in [5, 5.41) is 3.14. The van der Waals surface area contributed by atoms with Crippen LogP contribution in [0.5, 0.6) is 0 Å². The second-order valence-electron chi connectivity index (χ2n) is 3.93. The fourth-order valence-corrected chi connectivity index (χ4v) is 2.05. The molecule has 0 radical (unpaired) electrons. The van der Waals surface area contributed by atoms with E-state index in [0.717, 1.165) is 25.9 Å². The molecular weight excluding hydrogens is 182 g/mol. The number of hydrogen-bond acceptors (Lipinski definition) is 3. The number of rotatable bonds is 2. The van der Waals surface area contributed by atoms with E-state index < -0.39 is 0 Å². The minimum absolute atomic E-state index is 0.0529. The number of carbonyl (C=O) groups is 2. The molecule has 0 aromatic rings. The van der Waals surface area contributed by atoms with Gasteiger partial charge in [0.05, 0.1) is 5.92 Å². The van der Waals surface area contributed by atoms with Gasteiger partial charge in [0, 0.05) is 13.1 Å². The molecule has 1 unspecified atom stereocenters. The van der Waals surface area contributed by atoms with Crippen molar-refractivity contribution in [3.05, 3.63) is 0 Å². The van der Waals surface area contributed by atoms with Gasteiger partial charge in [-0.3, -0.25) is 9.59 Å². The summed E-state index contributed by atoms with van der Waals surface area (Å²) in [7, 11) is 0. The van der Waals surface area contributed by atoms with Crippen LogP contribution in [0.4, 0.5) is 0 Å². The Labute approximate surface area is 82.6 Å². The Morgan fingerprint density at radius 3 is 2.57 bits per heavy atom. The maximum atomic E-state index is 11.8. The van der Waals surface area contributed by atoms with Gasteiger partial charge in [-0.25, -0.2) is 0 Å². The number of nitrogens with two attached hydrogens (primary N) is 1. The van der Waals surface area contributed by atoms with Crippen LogP contribution in [0, 0.1) is 5.92 Å². The largest absolute Gasteiger partial charge is 0.368 e. The Morgan fingerprint density at radius 1 is 1.36 bits per heavy atom. The first-order valence-electron chi connectivity index (χ1n) is 5.00. The summed E-state index contributed by atoms with van der Waals surface area (Å²) in [6.45, 7) is 2.31. The molecule has 0 saturated carbocycles. The Bertz CT molecular complexity index is 261. The number of primary amides is 1. The van der Waals surface area contributed by atoms with E-state index in [9.17, 15) is 9.59 Å². The smallest absolute Gasteiger partial charge is 0.240 e. The Morgan fingerprint density at radius 2 is 2.14 bits per heavy atom. The van der Waals surface area contributed by atoms with Crippen molar-refractivity contribution in [3.63, 3.8) is 0 Å². The Hall–Kier alpha value is -1.10. The van der Waals surface area contributed by atoms with Crippen LogP contribution in [0.3, 0.4) is 0 Å². The molecule has 0 aromatic carbocycles. The normalized spacial score (nSPS) is 31.3. The molecule has 5 heteroatoms. The van der Waals surface area contributed by atoms with Crippen LogP contribution in [0.2, 0.25) is 0 Å². The lowest BCUT2D eigenvalue weighted by molar-refractivity contribution is -0.148. The Balaban J connectivity index is 1.94. The van der Waals surface area contributed by atoms with Crippen molar-refractivity contribution in [2.75, 3.05) is 19.6 Å². The molecule has 14 heavy (non-hydrogen) atoms. The van der Waals surface area contributed by atoms with Gasteiger partial charge >= 0.3 is 0 Å². The van der Waals surface area contributed by atoms with Gasteiger partial charge in [-0.15, -0.1) is 0 Å². The predicted molar refractivity (Wildman–Crippen MR) is 50.3 cm³/mol. The highest BCUT2D eigenvalue weighted by molar-refractivity contribution is 5.89. The zero-order valence-electron chi connectivity index (χ0n) is 8.03. The Kier molecular flexibility index (Phi) is 2.41. The topological polar surface area (TPSA) is 75.4 Å². The van der Waals surface area contributed by atoms with E-state index in [1.807, 2.05) is 0 Å². The standard InChI is InChI=1S/C9H15N3O2/c10-8(13)7-2-4-12(7)9(14)6-1-3-11-5-6/h6-7,11H,1-5H2,(H2,10,13)/t6-,7?/m0/s1. The summed E-state index contributed by atoms with van der Waals surface area (Å²) in [6, 6.07) is -0.344. The lowest BCUT2D eigenvalue weighted by Gasteiger charge is -2.40. The van der Waals surface area contributed by atoms with Crippen LogP contribution < -0.4 is 11.1 Å². The molecule has 2 amide bonds. The van der Waals surface area contributed by atoms with Crippen LogP contribution >= 0.6 is 0 Å². The maximum Gasteiger partial charge on any atom is 0.240 e. The number of carbonyl (C=O) groups excluding carboxylic acids is 2. The lowest BCUT2D eigenvalue weighted by Crippen LogP contribution is -2.58. The fraction of sp³-hybridized carbons (Fsp3) is 0.778. The van der Waals surface area contributed by atoms with Gasteiger partial charge in [-0.2, -0.15) is 0 Å². The molecule has 5 nitrogen and oxygen atoms in total. The molecule has 78 valence electrons. The minimum atomic E-state index is -0.379. The van der Waals surface area contributed by atoms with E-state index in [1.54, 1.807) is 4.90 Å². The van der Waals surface area contributed by atoms with Crippen molar-refractivity contribution in [1.29, 1.82) is 0 Å². The zero-order chi connectivity index (χ0) is 10.1. The SMILES string of the molecule is NC(=O)C1CCN1C(=O)[C@H]1CCNC1. The molecule has 0 aliphatic carbocycles. The number of likely N-dealkylation sites (tertiary alicyclic amines) is 1. The van der Waals surface area contributed by atoms with E-state index in [1.165, 1.54) is 0 Å². The van der Waals surface area contributed by atoms with Crippen LogP contribution in [0.1, 0.15) is 12.8 Å². The third-order valence-corrected chi connectivity index (χ3v) is 3.04. The van der Waals surface area contributed by atoms with Gasteiger partial charge in [-0.1, -0.05) is 0 Å². The average Bonchev–Trinajstić information content (AvgIpc) is 2.51. The van der Waals surface area contributed by atoms with E-state index >= 15 is 0 Å². The van der Waals surface area contributed by atoms with Crippen LogP contribution in [-0.2, 0) is 9.59 Å². The number of nitrogens with zero attached hydrogens (tertiary/aromatic N) is 1. The molecule has 2 aliphatic heterocycles. The molecule has 2 fully saturated rings. The van der Waals surface area contributed by atoms with Crippen molar-refractivity contribution < 1.29 is 9.59 Å². The summed E-state index contributed by atoms with van der Waals surface area (Å²) in [5.41, 5.74) is 5.18. The summed E-state index contributed by atoms with van der Waals surface area (Å²) < 4.78 is 0. The fourth-order valence-electron chi connectivity index (χ4n) is 2.05. The van der Waals surface area contributed by atoms with E-state index in [-0.39, 0.29) is 23.8 Å². The van der Waals surface area contributed by atoms with E-state index in [2.05, 4.69) is 5.32 Å². The summed E-state index contributed by atoms with van der Waals surface area (Å²) in [5.74, 6) is -0.238. The van der Waals surface area contributed by atoms with Gasteiger partial charge in [0.15, 0.2) is 0 Å².